The maximum Gasteiger partial charge on any atom is 0.0534 e. The van der Waals surface area contributed by atoms with Crippen LogP contribution in [0.3, 0.4) is 0 Å². The fraction of sp³-hybridized carbons (Fsp3) is 0.700. The van der Waals surface area contributed by atoms with E-state index in [0.717, 1.165) is 5.71 Å². The molecule has 0 aliphatic carbocycles. The van der Waals surface area contributed by atoms with Crippen LogP contribution in [0.2, 0.25) is 0 Å². The van der Waals surface area contributed by atoms with Crippen LogP contribution in [0.1, 0.15) is 34.6 Å². The van der Waals surface area contributed by atoms with E-state index < -0.39 is 0 Å². The maximum atomic E-state index is 4.39. The number of hydrogen-bond donors (Lipinski definition) is 0. The fourth-order valence-electron chi connectivity index (χ4n) is 0.934. The van der Waals surface area contributed by atoms with Crippen molar-refractivity contribution in [1.82, 2.24) is 0 Å². The molecule has 0 bridgehead atoms. The molecule has 0 N–H and O–H groups in total. The number of nitrogens with zero attached hydrogens (tertiary/aromatic N) is 1. The Balaban J connectivity index is 0.000000461. The fourth-order valence-corrected chi connectivity index (χ4v) is 0.934. The number of dihydropyridines is 1. The lowest BCUT2D eigenvalue weighted by Crippen LogP contribution is -2.14. The zero-order valence-electron chi connectivity index (χ0n) is 8.26. The highest BCUT2D eigenvalue weighted by Gasteiger charge is 2.10. The van der Waals surface area contributed by atoms with E-state index in [1.54, 1.807) is 0 Å². The first kappa shape index (κ1) is 10.4. The van der Waals surface area contributed by atoms with Crippen molar-refractivity contribution in [2.24, 2.45) is 10.9 Å². The zero-order valence-corrected chi connectivity index (χ0v) is 8.26. The van der Waals surface area contributed by atoms with E-state index in [-0.39, 0.29) is 0 Å². The molecule has 2 unspecified atom stereocenters. The Morgan fingerprint density at radius 2 is 1.82 bits per heavy atom. The normalized spacial score (nSPS) is 28.6. The minimum atomic E-state index is 0.481. The van der Waals surface area contributed by atoms with Gasteiger partial charge in [-0.2, -0.15) is 0 Å². The molecule has 2 atom stereocenters. The van der Waals surface area contributed by atoms with Gasteiger partial charge in [-0.1, -0.05) is 26.8 Å². The summed E-state index contributed by atoms with van der Waals surface area (Å²) in [4.78, 5) is 4.39. The van der Waals surface area contributed by atoms with Crippen LogP contribution < -0.4 is 0 Å². The standard InChI is InChI=1S/C8H13N.C2H6/c1-6-4-5-7(2)9-8(6)3;1-2/h4-6,8H,1-3H3;1-2H3. The molecule has 0 spiro atoms. The molecule has 0 fully saturated rings. The summed E-state index contributed by atoms with van der Waals surface area (Å²) in [6.45, 7) is 10.4. The van der Waals surface area contributed by atoms with Crippen LogP contribution in [0, 0.1) is 5.92 Å². The van der Waals surface area contributed by atoms with Gasteiger partial charge in [-0.15, -0.1) is 0 Å². The van der Waals surface area contributed by atoms with E-state index in [4.69, 9.17) is 0 Å². The summed E-state index contributed by atoms with van der Waals surface area (Å²) in [6.07, 6.45) is 4.30. The van der Waals surface area contributed by atoms with Crippen LogP contribution in [-0.4, -0.2) is 11.8 Å². The van der Waals surface area contributed by atoms with Crippen molar-refractivity contribution in [3.63, 3.8) is 0 Å². The maximum absolute atomic E-state index is 4.39. The molecule has 0 saturated carbocycles. The Bertz CT molecular complexity index is 156. The number of rotatable bonds is 0. The Kier molecular flexibility index (Phi) is 4.84. The van der Waals surface area contributed by atoms with E-state index in [1.165, 1.54) is 0 Å². The van der Waals surface area contributed by atoms with Gasteiger partial charge in [0.15, 0.2) is 0 Å². The van der Waals surface area contributed by atoms with E-state index in [1.807, 2.05) is 20.8 Å². The van der Waals surface area contributed by atoms with Crippen molar-refractivity contribution in [3.05, 3.63) is 12.2 Å². The Morgan fingerprint density at radius 1 is 1.27 bits per heavy atom. The SMILES string of the molecule is CC.CC1=NC(C)C(C)C=C1. The van der Waals surface area contributed by atoms with Crippen LogP contribution >= 0.6 is 0 Å². The molecule has 11 heavy (non-hydrogen) atoms. The van der Waals surface area contributed by atoms with E-state index >= 15 is 0 Å². The predicted octanol–water partition coefficient (Wildman–Crippen LogP) is 3.07. The summed E-state index contributed by atoms with van der Waals surface area (Å²) in [5.41, 5.74) is 1.15. The minimum absolute atomic E-state index is 0.481. The van der Waals surface area contributed by atoms with Crippen LogP contribution in [0.25, 0.3) is 0 Å². The Hall–Kier alpha value is -0.590. The summed E-state index contributed by atoms with van der Waals surface area (Å²) >= 11 is 0. The van der Waals surface area contributed by atoms with Gasteiger partial charge in [0.05, 0.1) is 6.04 Å². The average molecular weight is 153 g/mol. The molecule has 64 valence electrons. The lowest BCUT2D eigenvalue weighted by Gasteiger charge is -2.16. The highest BCUT2D eigenvalue weighted by atomic mass is 14.8. The van der Waals surface area contributed by atoms with Crippen molar-refractivity contribution in [2.45, 2.75) is 40.7 Å². The molecule has 0 amide bonds. The highest BCUT2D eigenvalue weighted by molar-refractivity contribution is 5.93. The van der Waals surface area contributed by atoms with E-state index in [2.05, 4.69) is 31.0 Å². The molecule has 1 nitrogen and oxygen atoms in total. The second-order valence-electron chi connectivity index (χ2n) is 2.73. The molecule has 1 heterocycles. The highest BCUT2D eigenvalue weighted by Crippen LogP contribution is 2.12. The van der Waals surface area contributed by atoms with E-state index in [9.17, 15) is 0 Å². The Labute approximate surface area is 70.2 Å². The average Bonchev–Trinajstić information content (AvgIpc) is 2.02. The molecule has 1 aliphatic rings. The van der Waals surface area contributed by atoms with Gasteiger partial charge in [0.2, 0.25) is 0 Å². The van der Waals surface area contributed by atoms with Gasteiger partial charge in [0.25, 0.3) is 0 Å². The first-order valence-corrected chi connectivity index (χ1v) is 4.43. The second kappa shape index (κ2) is 5.11. The van der Waals surface area contributed by atoms with Crippen molar-refractivity contribution < 1.29 is 0 Å². The first-order chi connectivity index (χ1) is 5.20. The van der Waals surface area contributed by atoms with E-state index in [0.29, 0.717) is 12.0 Å². The molecular formula is C10H19N. The van der Waals surface area contributed by atoms with Crippen LogP contribution in [0.15, 0.2) is 17.1 Å². The summed E-state index contributed by atoms with van der Waals surface area (Å²) in [6, 6.07) is 0.481. The zero-order chi connectivity index (χ0) is 8.85. The van der Waals surface area contributed by atoms with Crippen molar-refractivity contribution in [2.75, 3.05) is 0 Å². The lowest BCUT2D eigenvalue weighted by molar-refractivity contribution is 0.578. The molecule has 1 heteroatoms. The summed E-state index contributed by atoms with van der Waals surface area (Å²) in [5.74, 6) is 0.619. The molecular weight excluding hydrogens is 134 g/mol. The second-order valence-corrected chi connectivity index (χ2v) is 2.73. The van der Waals surface area contributed by atoms with Gasteiger partial charge in [-0.3, -0.25) is 4.99 Å². The van der Waals surface area contributed by atoms with Crippen molar-refractivity contribution in [1.29, 1.82) is 0 Å². The van der Waals surface area contributed by atoms with Crippen molar-refractivity contribution in [3.8, 4) is 0 Å². The molecule has 0 aromatic rings. The molecule has 1 aliphatic heterocycles. The third kappa shape index (κ3) is 3.35. The predicted molar refractivity (Wildman–Crippen MR) is 52.2 cm³/mol. The summed E-state index contributed by atoms with van der Waals surface area (Å²) < 4.78 is 0. The molecule has 0 aromatic carbocycles. The molecule has 0 aromatic heterocycles. The van der Waals surface area contributed by atoms with Crippen LogP contribution in [-0.2, 0) is 0 Å². The lowest BCUT2D eigenvalue weighted by atomic mass is 10.0. The van der Waals surface area contributed by atoms with Crippen LogP contribution in [0.4, 0.5) is 0 Å². The first-order valence-electron chi connectivity index (χ1n) is 4.43. The number of aliphatic imine (C=N–C) groups is 1. The van der Waals surface area contributed by atoms with Crippen LogP contribution in [0.5, 0.6) is 0 Å². The molecule has 1 rings (SSSR count). The van der Waals surface area contributed by atoms with Crippen molar-refractivity contribution >= 4 is 5.71 Å². The molecule has 0 radical (unpaired) electrons. The van der Waals surface area contributed by atoms with Gasteiger partial charge in [0, 0.05) is 5.71 Å². The van der Waals surface area contributed by atoms with Gasteiger partial charge in [-0.25, -0.2) is 0 Å². The Morgan fingerprint density at radius 3 is 2.18 bits per heavy atom. The van der Waals surface area contributed by atoms with Gasteiger partial charge < -0.3 is 0 Å². The quantitative estimate of drug-likeness (QED) is 0.507. The van der Waals surface area contributed by atoms with Gasteiger partial charge >= 0.3 is 0 Å². The molecule has 0 saturated heterocycles. The topological polar surface area (TPSA) is 12.4 Å². The van der Waals surface area contributed by atoms with Gasteiger partial charge in [0.1, 0.15) is 0 Å². The largest absolute Gasteiger partial charge is 0.286 e. The number of hydrogen-bond acceptors (Lipinski definition) is 1. The summed E-state index contributed by atoms with van der Waals surface area (Å²) in [7, 11) is 0. The van der Waals surface area contributed by atoms with Gasteiger partial charge in [-0.05, 0) is 25.8 Å². The minimum Gasteiger partial charge on any atom is -0.286 e. The monoisotopic (exact) mass is 153 g/mol. The smallest absolute Gasteiger partial charge is 0.0534 e. The summed E-state index contributed by atoms with van der Waals surface area (Å²) in [5, 5.41) is 0. The third-order valence-electron chi connectivity index (χ3n) is 1.81. The number of allylic oxidation sites excluding steroid dienone is 1. The third-order valence-corrected chi connectivity index (χ3v) is 1.81.